The Hall–Kier alpha value is -0.200. The van der Waals surface area contributed by atoms with Gasteiger partial charge in [0.15, 0.2) is 0 Å². The molecule has 2 saturated heterocycles. The molecule has 0 radical (unpaired) electrons. The van der Waals surface area contributed by atoms with E-state index in [-0.39, 0.29) is 0 Å². The summed E-state index contributed by atoms with van der Waals surface area (Å²) in [7, 11) is 0. The van der Waals surface area contributed by atoms with E-state index in [0.717, 1.165) is 39.1 Å². The van der Waals surface area contributed by atoms with Crippen LogP contribution in [0, 0.1) is 0 Å². The van der Waals surface area contributed by atoms with Crippen molar-refractivity contribution in [3.05, 3.63) is 0 Å². The van der Waals surface area contributed by atoms with Crippen LogP contribution in [-0.2, 0) is 9.47 Å². The van der Waals surface area contributed by atoms with Crippen LogP contribution < -0.4 is 5.73 Å². The first-order valence-electron chi connectivity index (χ1n) is 7.22. The zero-order valence-electron chi connectivity index (χ0n) is 11.4. The predicted octanol–water partition coefficient (Wildman–Crippen LogP) is -0.242. The normalized spacial score (nSPS) is 24.5. The fraction of sp³-hybridized carbons (Fsp3) is 1.00. The van der Waals surface area contributed by atoms with Crippen LogP contribution in [0.5, 0.6) is 0 Å². The topological polar surface area (TPSA) is 51.0 Å². The molecule has 0 bridgehead atoms. The lowest BCUT2D eigenvalue weighted by Gasteiger charge is -2.34. The number of morpholine rings is 1. The van der Waals surface area contributed by atoms with Crippen molar-refractivity contribution in [2.75, 3.05) is 65.6 Å². The lowest BCUT2D eigenvalue weighted by Crippen LogP contribution is -2.44. The van der Waals surface area contributed by atoms with E-state index in [9.17, 15) is 0 Å². The Morgan fingerprint density at radius 2 is 1.61 bits per heavy atom. The number of nitrogens with zero attached hydrogens (tertiary/aromatic N) is 2. The third-order valence-corrected chi connectivity index (χ3v) is 3.84. The smallest absolute Gasteiger partial charge is 0.0600 e. The van der Waals surface area contributed by atoms with Crippen molar-refractivity contribution in [1.82, 2.24) is 9.80 Å². The molecule has 0 aromatic carbocycles. The van der Waals surface area contributed by atoms with Gasteiger partial charge in [0.1, 0.15) is 0 Å². The molecule has 0 atom stereocenters. The maximum Gasteiger partial charge on any atom is 0.0600 e. The van der Waals surface area contributed by atoms with Crippen LogP contribution in [-0.4, -0.2) is 81.5 Å². The van der Waals surface area contributed by atoms with E-state index in [2.05, 4.69) is 9.80 Å². The van der Waals surface area contributed by atoms with Gasteiger partial charge in [0.2, 0.25) is 0 Å². The summed E-state index contributed by atoms with van der Waals surface area (Å²) in [5.74, 6) is 0. The molecule has 5 heteroatoms. The third kappa shape index (κ3) is 4.82. The Morgan fingerprint density at radius 3 is 2.22 bits per heavy atom. The summed E-state index contributed by atoms with van der Waals surface area (Å²) in [5, 5.41) is 0. The average molecular weight is 257 g/mol. The largest absolute Gasteiger partial charge is 0.379 e. The second kappa shape index (κ2) is 8.07. The minimum atomic E-state index is 0.438. The highest BCUT2D eigenvalue weighted by atomic mass is 16.5. The summed E-state index contributed by atoms with van der Waals surface area (Å²) in [5.41, 5.74) is 5.45. The number of hydrogen-bond donors (Lipinski definition) is 1. The molecule has 0 saturated carbocycles. The SMILES string of the molecule is NCCOC1CCN(CCN2CCOCC2)CC1. The molecular formula is C13H27N3O2. The molecule has 18 heavy (non-hydrogen) atoms. The summed E-state index contributed by atoms with van der Waals surface area (Å²) < 4.78 is 11.1. The lowest BCUT2D eigenvalue weighted by atomic mass is 10.1. The Morgan fingerprint density at radius 1 is 1.00 bits per heavy atom. The van der Waals surface area contributed by atoms with Crippen molar-refractivity contribution in [3.63, 3.8) is 0 Å². The molecule has 106 valence electrons. The molecule has 2 aliphatic heterocycles. The van der Waals surface area contributed by atoms with Crippen LogP contribution in [0.15, 0.2) is 0 Å². The molecule has 0 aromatic rings. The fourth-order valence-corrected chi connectivity index (χ4v) is 2.64. The molecule has 0 spiro atoms. The van der Waals surface area contributed by atoms with Crippen LogP contribution in [0.25, 0.3) is 0 Å². The second-order valence-electron chi connectivity index (χ2n) is 5.15. The molecule has 0 unspecified atom stereocenters. The third-order valence-electron chi connectivity index (χ3n) is 3.84. The van der Waals surface area contributed by atoms with Gasteiger partial charge in [-0.1, -0.05) is 0 Å². The van der Waals surface area contributed by atoms with E-state index in [1.54, 1.807) is 0 Å². The lowest BCUT2D eigenvalue weighted by molar-refractivity contribution is 0.00353. The summed E-state index contributed by atoms with van der Waals surface area (Å²) in [6, 6.07) is 0. The van der Waals surface area contributed by atoms with Gasteiger partial charge in [-0.3, -0.25) is 4.90 Å². The van der Waals surface area contributed by atoms with E-state index >= 15 is 0 Å². The van der Waals surface area contributed by atoms with E-state index in [0.29, 0.717) is 19.3 Å². The highest BCUT2D eigenvalue weighted by molar-refractivity contribution is 4.74. The summed E-state index contributed by atoms with van der Waals surface area (Å²) in [6.07, 6.45) is 2.75. The molecular weight excluding hydrogens is 230 g/mol. The summed E-state index contributed by atoms with van der Waals surface area (Å²) in [4.78, 5) is 5.05. The van der Waals surface area contributed by atoms with E-state index in [4.69, 9.17) is 15.2 Å². The molecule has 2 N–H and O–H groups in total. The van der Waals surface area contributed by atoms with Gasteiger partial charge in [0.05, 0.1) is 25.9 Å². The number of likely N-dealkylation sites (tertiary alicyclic amines) is 1. The standard InChI is InChI=1S/C13H27N3O2/c14-3-10-18-13-1-4-15(5-2-13)6-7-16-8-11-17-12-9-16/h13H,1-12,14H2. The number of ether oxygens (including phenoxy) is 2. The van der Waals surface area contributed by atoms with Gasteiger partial charge < -0.3 is 20.1 Å². The summed E-state index contributed by atoms with van der Waals surface area (Å²) in [6.45, 7) is 10.0. The van der Waals surface area contributed by atoms with Crippen molar-refractivity contribution < 1.29 is 9.47 Å². The molecule has 0 amide bonds. The van der Waals surface area contributed by atoms with Crippen LogP contribution in [0.2, 0.25) is 0 Å². The van der Waals surface area contributed by atoms with Gasteiger partial charge in [-0.2, -0.15) is 0 Å². The minimum Gasteiger partial charge on any atom is -0.379 e. The van der Waals surface area contributed by atoms with Crippen molar-refractivity contribution in [2.45, 2.75) is 18.9 Å². The van der Waals surface area contributed by atoms with Crippen molar-refractivity contribution in [1.29, 1.82) is 0 Å². The van der Waals surface area contributed by atoms with Gasteiger partial charge in [-0.25, -0.2) is 0 Å². The predicted molar refractivity (Wildman–Crippen MR) is 71.7 cm³/mol. The van der Waals surface area contributed by atoms with E-state index in [1.165, 1.54) is 26.2 Å². The maximum atomic E-state index is 5.70. The van der Waals surface area contributed by atoms with Gasteiger partial charge >= 0.3 is 0 Å². The molecule has 2 aliphatic rings. The van der Waals surface area contributed by atoms with Gasteiger partial charge in [-0.15, -0.1) is 0 Å². The van der Waals surface area contributed by atoms with Gasteiger partial charge in [0.25, 0.3) is 0 Å². The fourth-order valence-electron chi connectivity index (χ4n) is 2.64. The first-order valence-corrected chi connectivity index (χ1v) is 7.22. The van der Waals surface area contributed by atoms with E-state index in [1.807, 2.05) is 0 Å². The second-order valence-corrected chi connectivity index (χ2v) is 5.15. The number of piperidine rings is 1. The van der Waals surface area contributed by atoms with E-state index < -0.39 is 0 Å². The van der Waals surface area contributed by atoms with Crippen LogP contribution in [0.1, 0.15) is 12.8 Å². The Balaban J connectivity index is 1.55. The highest BCUT2D eigenvalue weighted by Gasteiger charge is 2.20. The van der Waals surface area contributed by atoms with Crippen LogP contribution in [0.4, 0.5) is 0 Å². The molecule has 2 fully saturated rings. The molecule has 0 aromatic heterocycles. The zero-order valence-corrected chi connectivity index (χ0v) is 11.4. The van der Waals surface area contributed by atoms with Crippen molar-refractivity contribution in [3.8, 4) is 0 Å². The van der Waals surface area contributed by atoms with Gasteiger partial charge in [-0.05, 0) is 12.8 Å². The minimum absolute atomic E-state index is 0.438. The number of nitrogens with two attached hydrogens (primary N) is 1. The molecule has 0 aliphatic carbocycles. The number of hydrogen-bond acceptors (Lipinski definition) is 5. The summed E-state index contributed by atoms with van der Waals surface area (Å²) >= 11 is 0. The monoisotopic (exact) mass is 257 g/mol. The maximum absolute atomic E-state index is 5.70. The van der Waals surface area contributed by atoms with Crippen molar-refractivity contribution in [2.24, 2.45) is 5.73 Å². The quantitative estimate of drug-likeness (QED) is 0.711. The molecule has 5 nitrogen and oxygen atoms in total. The first-order chi connectivity index (χ1) is 8.88. The van der Waals surface area contributed by atoms with Crippen molar-refractivity contribution >= 4 is 0 Å². The zero-order chi connectivity index (χ0) is 12.6. The van der Waals surface area contributed by atoms with Gasteiger partial charge in [0, 0.05) is 45.8 Å². The molecule has 2 heterocycles. The first kappa shape index (κ1) is 14.2. The Labute approximate surface area is 110 Å². The molecule has 2 rings (SSSR count). The average Bonchev–Trinajstić information content (AvgIpc) is 2.45. The Kier molecular flexibility index (Phi) is 6.37. The van der Waals surface area contributed by atoms with Crippen LogP contribution >= 0.6 is 0 Å². The number of rotatable bonds is 6. The highest BCUT2D eigenvalue weighted by Crippen LogP contribution is 2.13. The Bertz CT molecular complexity index is 214. The van der Waals surface area contributed by atoms with Crippen LogP contribution in [0.3, 0.4) is 0 Å².